The number of thiophene rings is 1. The molecule has 0 bridgehead atoms. The van der Waals surface area contributed by atoms with E-state index in [1.54, 1.807) is 16.2 Å². The molecule has 0 unspecified atom stereocenters. The van der Waals surface area contributed by atoms with E-state index in [-0.39, 0.29) is 41.2 Å². The molecule has 5 heterocycles. The monoisotopic (exact) mass is 752 g/mol. The summed E-state index contributed by atoms with van der Waals surface area (Å²) in [7, 11) is 2.14. The lowest BCUT2D eigenvalue weighted by molar-refractivity contribution is -0.143. The van der Waals surface area contributed by atoms with Gasteiger partial charge in [-0.2, -0.15) is 13.2 Å². The van der Waals surface area contributed by atoms with E-state index < -0.39 is 23.3 Å². The number of piperidine rings is 3. The van der Waals surface area contributed by atoms with Gasteiger partial charge in [0, 0.05) is 54.1 Å². The van der Waals surface area contributed by atoms with E-state index >= 15 is 0 Å². The van der Waals surface area contributed by atoms with Gasteiger partial charge < -0.3 is 30.7 Å². The number of anilines is 2. The molecule has 1 aromatic carbocycles. The van der Waals surface area contributed by atoms with Gasteiger partial charge in [0.15, 0.2) is 0 Å². The van der Waals surface area contributed by atoms with Gasteiger partial charge in [-0.3, -0.25) is 9.59 Å². The predicted octanol–water partition coefficient (Wildman–Crippen LogP) is 6.28. The molecule has 3 fully saturated rings. The predicted molar refractivity (Wildman–Crippen MR) is 183 cm³/mol. The number of nitrogens with two attached hydrogens (primary N) is 1. The van der Waals surface area contributed by atoms with E-state index in [1.807, 2.05) is 20.6 Å². The number of carbonyl (C=O) groups is 3. The maximum absolute atomic E-state index is 14.1. The van der Waals surface area contributed by atoms with Gasteiger partial charge in [0.2, 0.25) is 11.8 Å². The molecule has 3 saturated heterocycles. The highest BCUT2D eigenvalue weighted by Crippen LogP contribution is 2.39. The summed E-state index contributed by atoms with van der Waals surface area (Å²) in [4.78, 5) is 48.4. The van der Waals surface area contributed by atoms with Gasteiger partial charge >= 0.3 is 12.2 Å². The molecular formula is C34H44BrF3N6O3S. The second-order valence-electron chi connectivity index (χ2n) is 13.9. The van der Waals surface area contributed by atoms with E-state index in [9.17, 15) is 27.6 Å². The van der Waals surface area contributed by atoms with Gasteiger partial charge in [0.25, 0.3) is 0 Å². The zero-order valence-corrected chi connectivity index (χ0v) is 29.6. The molecule has 9 nitrogen and oxygen atoms in total. The van der Waals surface area contributed by atoms with Crippen LogP contribution in [0.4, 0.5) is 29.3 Å². The van der Waals surface area contributed by atoms with Crippen LogP contribution in [0.15, 0.2) is 27.4 Å². The smallest absolute Gasteiger partial charge is 0.397 e. The van der Waals surface area contributed by atoms with E-state index in [2.05, 4.69) is 33.2 Å². The number of amides is 4. The van der Waals surface area contributed by atoms with Gasteiger partial charge in [-0.05, 0) is 116 Å². The molecule has 4 aliphatic heterocycles. The van der Waals surface area contributed by atoms with E-state index in [1.165, 1.54) is 6.07 Å². The van der Waals surface area contributed by atoms with Crippen LogP contribution < -0.4 is 11.1 Å². The van der Waals surface area contributed by atoms with Crippen LogP contribution in [-0.2, 0) is 28.7 Å². The quantitative estimate of drug-likeness (QED) is 0.325. The minimum Gasteiger partial charge on any atom is -0.397 e. The van der Waals surface area contributed by atoms with Crippen molar-refractivity contribution in [2.24, 2.45) is 17.8 Å². The Labute approximate surface area is 292 Å². The van der Waals surface area contributed by atoms with Crippen molar-refractivity contribution < 1.29 is 27.6 Å². The average molecular weight is 754 g/mol. The summed E-state index contributed by atoms with van der Waals surface area (Å²) in [6.07, 6.45) is 0.589. The minimum absolute atomic E-state index is 0.00515. The molecule has 14 heteroatoms. The van der Waals surface area contributed by atoms with Crippen molar-refractivity contribution in [1.82, 2.24) is 19.6 Å². The van der Waals surface area contributed by atoms with E-state index in [0.29, 0.717) is 63.0 Å². The zero-order valence-electron chi connectivity index (χ0n) is 27.2. The van der Waals surface area contributed by atoms with Gasteiger partial charge in [0.1, 0.15) is 0 Å². The van der Waals surface area contributed by atoms with Crippen molar-refractivity contribution in [2.45, 2.75) is 70.1 Å². The number of hydrogen-bond donors (Lipinski definition) is 2. The van der Waals surface area contributed by atoms with Crippen LogP contribution in [0, 0.1) is 17.8 Å². The molecule has 2 aromatic rings. The second-order valence-corrected chi connectivity index (χ2v) is 15.5. The first-order valence-corrected chi connectivity index (χ1v) is 18.6. The Bertz CT molecular complexity index is 1500. The standard InChI is InChI=1S/C34H44BrF3N6O3S/c1-41-8-2-22(3-9-41)23-4-10-43(11-5-23)32(46)24(14-21-15-27(34(36,37)38)31(39)28(35)16-21)17-30(45)42-12-6-26(7-13-42)44-18-25-19-48-20-29(25)40-33(44)47/h15-16,19-20,22-24,26H,2-14,17-18,39H2,1H3,(H,40,47)/t24-/m0/s1. The first-order chi connectivity index (χ1) is 22.9. The lowest BCUT2D eigenvalue weighted by Crippen LogP contribution is -2.51. The third-order valence-electron chi connectivity index (χ3n) is 10.9. The molecule has 4 aliphatic rings. The van der Waals surface area contributed by atoms with Gasteiger partial charge in [-0.15, -0.1) is 11.3 Å². The number of benzene rings is 1. The van der Waals surface area contributed by atoms with Crippen LogP contribution in [0.5, 0.6) is 0 Å². The Morgan fingerprint density at radius 3 is 2.25 bits per heavy atom. The first kappa shape index (κ1) is 35.0. The summed E-state index contributed by atoms with van der Waals surface area (Å²) >= 11 is 4.72. The van der Waals surface area contributed by atoms with Crippen molar-refractivity contribution >= 4 is 56.5 Å². The van der Waals surface area contributed by atoms with Crippen molar-refractivity contribution in [1.29, 1.82) is 0 Å². The Morgan fingerprint density at radius 2 is 1.60 bits per heavy atom. The number of nitrogens with one attached hydrogen (secondary N) is 1. The second kappa shape index (κ2) is 14.6. The van der Waals surface area contributed by atoms with Crippen LogP contribution in [-0.4, -0.2) is 89.8 Å². The van der Waals surface area contributed by atoms with Crippen LogP contribution in [0.1, 0.15) is 61.6 Å². The van der Waals surface area contributed by atoms with E-state index in [0.717, 1.165) is 56.1 Å². The Balaban J connectivity index is 1.13. The number of nitrogens with zero attached hydrogens (tertiary/aromatic N) is 4. The lowest BCUT2D eigenvalue weighted by Gasteiger charge is -2.41. The van der Waals surface area contributed by atoms with Crippen molar-refractivity contribution in [3.8, 4) is 0 Å². The number of rotatable bonds is 7. The third kappa shape index (κ3) is 7.80. The molecule has 0 spiro atoms. The number of alkyl halides is 3. The summed E-state index contributed by atoms with van der Waals surface area (Å²) in [6.45, 7) is 4.78. The Hall–Kier alpha value is -2.84. The number of fused-ring (bicyclic) bond motifs is 1. The summed E-state index contributed by atoms with van der Waals surface area (Å²) in [5.74, 6) is 0.0197. The number of likely N-dealkylation sites (tertiary alicyclic amines) is 3. The normalized spacial score (nSPS) is 21.3. The number of hydrogen-bond acceptors (Lipinski definition) is 6. The molecular weight excluding hydrogens is 709 g/mol. The maximum atomic E-state index is 14.1. The number of carbonyl (C=O) groups excluding carboxylic acids is 3. The SMILES string of the molecule is CN1CCC(C2CCN(C(=O)[C@H](CC(=O)N3CCC(N4Cc5cscc5NC4=O)CC3)Cc3cc(Br)c(N)c(C(F)(F)F)c3)CC2)CC1. The molecule has 1 atom stereocenters. The highest BCUT2D eigenvalue weighted by molar-refractivity contribution is 9.10. The van der Waals surface area contributed by atoms with Crippen molar-refractivity contribution in [3.63, 3.8) is 0 Å². The van der Waals surface area contributed by atoms with Crippen LogP contribution in [0.2, 0.25) is 0 Å². The molecule has 4 amide bonds. The van der Waals surface area contributed by atoms with Crippen molar-refractivity contribution in [3.05, 3.63) is 44.1 Å². The maximum Gasteiger partial charge on any atom is 0.418 e. The average Bonchev–Trinajstić information content (AvgIpc) is 3.52. The number of halogens is 4. The van der Waals surface area contributed by atoms with Gasteiger partial charge in [0.05, 0.1) is 29.4 Å². The molecule has 0 aliphatic carbocycles. The van der Waals surface area contributed by atoms with Gasteiger partial charge in [-0.1, -0.05) is 0 Å². The first-order valence-electron chi connectivity index (χ1n) is 16.9. The van der Waals surface area contributed by atoms with E-state index in [4.69, 9.17) is 5.73 Å². The van der Waals surface area contributed by atoms with Crippen LogP contribution in [0.3, 0.4) is 0 Å². The molecule has 3 N–H and O–H groups in total. The third-order valence-corrected chi connectivity index (χ3v) is 12.3. The van der Waals surface area contributed by atoms with Crippen LogP contribution in [0.25, 0.3) is 0 Å². The molecule has 262 valence electrons. The van der Waals surface area contributed by atoms with Crippen molar-refractivity contribution in [2.75, 3.05) is 57.4 Å². The number of urea groups is 1. The Kier molecular flexibility index (Phi) is 10.6. The van der Waals surface area contributed by atoms with Crippen LogP contribution >= 0.6 is 27.3 Å². The molecule has 6 rings (SSSR count). The largest absolute Gasteiger partial charge is 0.418 e. The minimum atomic E-state index is -4.66. The Morgan fingerprint density at radius 1 is 0.979 bits per heavy atom. The summed E-state index contributed by atoms with van der Waals surface area (Å²) in [5, 5.41) is 6.91. The fourth-order valence-electron chi connectivity index (χ4n) is 7.97. The fraction of sp³-hybridized carbons (Fsp3) is 0.618. The highest BCUT2D eigenvalue weighted by Gasteiger charge is 2.38. The summed E-state index contributed by atoms with van der Waals surface area (Å²) in [6, 6.07) is 2.38. The molecule has 0 radical (unpaired) electrons. The topological polar surface area (TPSA) is 102 Å². The molecule has 0 saturated carbocycles. The zero-order chi connectivity index (χ0) is 34.2. The number of nitrogen functional groups attached to an aromatic ring is 1. The summed E-state index contributed by atoms with van der Waals surface area (Å²) in [5.41, 5.74) is 6.64. The van der Waals surface area contributed by atoms with Gasteiger partial charge in [-0.25, -0.2) is 4.79 Å². The lowest BCUT2D eigenvalue weighted by atomic mass is 9.78. The summed E-state index contributed by atoms with van der Waals surface area (Å²) < 4.78 is 41.6. The molecule has 48 heavy (non-hydrogen) atoms. The fourth-order valence-corrected chi connectivity index (χ4v) is 9.25. The molecule has 1 aromatic heterocycles. The highest BCUT2D eigenvalue weighted by atomic mass is 79.9.